The molecule has 0 aliphatic carbocycles. The van der Waals surface area contributed by atoms with Crippen LogP contribution in [0.4, 0.5) is 0 Å². The van der Waals surface area contributed by atoms with E-state index in [0.717, 1.165) is 5.56 Å². The van der Waals surface area contributed by atoms with Crippen LogP contribution in [0, 0.1) is 0 Å². The molecule has 9 nitrogen and oxygen atoms in total. The van der Waals surface area contributed by atoms with Crippen molar-refractivity contribution < 1.29 is 33.3 Å². The van der Waals surface area contributed by atoms with E-state index in [1.807, 2.05) is 12.1 Å². The van der Waals surface area contributed by atoms with Crippen molar-refractivity contribution in [2.45, 2.75) is 6.42 Å². The number of ether oxygens (including phenoxy) is 5. The molecule has 1 amide bonds. The summed E-state index contributed by atoms with van der Waals surface area (Å²) in [7, 11) is 4.54. The Hall–Kier alpha value is -4.79. The first kappa shape index (κ1) is 26.8. The molecule has 192 valence electrons. The van der Waals surface area contributed by atoms with E-state index in [2.05, 4.69) is 17.1 Å². The molecule has 0 unspecified atom stereocenters. The number of hydrogen-bond acceptors (Lipinski definition) is 8. The predicted molar refractivity (Wildman–Crippen MR) is 139 cm³/mol. The standard InChI is InChI=1S/C28H28N2O7/c1-5-6-19-9-13-24(25(15-19)34-3)36-18-27(31)30-29-17-20-7-11-22(12-8-20)37-28(32)21-10-14-23(33-2)26(16-21)35-4/h5,7-17H,1,6,18H2,2-4H3,(H,30,31)/b29-17+. The third-order valence-corrected chi connectivity index (χ3v) is 5.08. The van der Waals surface area contributed by atoms with Crippen LogP contribution in [0.2, 0.25) is 0 Å². The number of allylic oxidation sites excluding steroid dienone is 1. The third kappa shape index (κ3) is 7.60. The summed E-state index contributed by atoms with van der Waals surface area (Å²) in [6.45, 7) is 3.48. The molecule has 0 bridgehead atoms. The van der Waals surface area contributed by atoms with E-state index in [0.29, 0.717) is 46.3 Å². The molecular weight excluding hydrogens is 476 g/mol. The molecule has 9 heteroatoms. The van der Waals surface area contributed by atoms with Gasteiger partial charge in [0, 0.05) is 0 Å². The Bertz CT molecular complexity index is 1270. The lowest BCUT2D eigenvalue weighted by molar-refractivity contribution is -0.123. The van der Waals surface area contributed by atoms with Gasteiger partial charge in [0.25, 0.3) is 5.91 Å². The molecule has 1 N–H and O–H groups in total. The number of benzene rings is 3. The SMILES string of the molecule is C=CCc1ccc(OCC(=O)N/N=C/c2ccc(OC(=O)c3ccc(OC)c(OC)c3)cc2)c(OC)c1. The molecule has 3 aromatic rings. The Morgan fingerprint density at radius 1 is 0.865 bits per heavy atom. The predicted octanol–water partition coefficient (Wildman–Crippen LogP) is 4.19. The monoisotopic (exact) mass is 504 g/mol. The van der Waals surface area contributed by atoms with Crippen LogP contribution in [-0.2, 0) is 11.2 Å². The van der Waals surface area contributed by atoms with E-state index in [4.69, 9.17) is 23.7 Å². The largest absolute Gasteiger partial charge is 0.493 e. The van der Waals surface area contributed by atoms with Crippen molar-refractivity contribution in [1.82, 2.24) is 5.43 Å². The van der Waals surface area contributed by atoms with Crippen LogP contribution < -0.4 is 29.1 Å². The number of methoxy groups -OCH3 is 3. The normalized spacial score (nSPS) is 10.5. The minimum atomic E-state index is -0.540. The van der Waals surface area contributed by atoms with Crippen molar-refractivity contribution in [2.75, 3.05) is 27.9 Å². The average molecular weight is 505 g/mol. The number of amides is 1. The quantitative estimate of drug-likeness (QED) is 0.130. The van der Waals surface area contributed by atoms with Gasteiger partial charge in [-0.15, -0.1) is 6.58 Å². The number of esters is 1. The zero-order valence-electron chi connectivity index (χ0n) is 20.9. The maximum absolute atomic E-state index is 12.4. The lowest BCUT2D eigenvalue weighted by Gasteiger charge is -2.11. The topological polar surface area (TPSA) is 105 Å². The third-order valence-electron chi connectivity index (χ3n) is 5.08. The number of nitrogens with zero attached hydrogens (tertiary/aromatic N) is 1. The molecule has 0 heterocycles. The molecule has 37 heavy (non-hydrogen) atoms. The van der Waals surface area contributed by atoms with E-state index in [1.165, 1.54) is 27.5 Å². The first-order valence-electron chi connectivity index (χ1n) is 11.2. The zero-order valence-corrected chi connectivity index (χ0v) is 20.9. The zero-order chi connectivity index (χ0) is 26.6. The fraction of sp³-hybridized carbons (Fsp3) is 0.179. The van der Waals surface area contributed by atoms with E-state index in [9.17, 15) is 9.59 Å². The van der Waals surface area contributed by atoms with Gasteiger partial charge in [0.2, 0.25) is 0 Å². The number of carbonyl (C=O) groups excluding carboxylic acids is 2. The second-order valence-corrected chi connectivity index (χ2v) is 7.59. The van der Waals surface area contributed by atoms with Crippen molar-refractivity contribution in [1.29, 1.82) is 0 Å². The highest BCUT2D eigenvalue weighted by Crippen LogP contribution is 2.29. The van der Waals surface area contributed by atoms with Crippen LogP contribution >= 0.6 is 0 Å². The van der Waals surface area contributed by atoms with Crippen molar-refractivity contribution in [3.8, 4) is 28.7 Å². The average Bonchev–Trinajstić information content (AvgIpc) is 2.92. The van der Waals surface area contributed by atoms with Crippen LogP contribution in [0.25, 0.3) is 0 Å². The summed E-state index contributed by atoms with van der Waals surface area (Å²) < 4.78 is 26.7. The Balaban J connectivity index is 1.50. The summed E-state index contributed by atoms with van der Waals surface area (Å²) in [6.07, 6.45) is 3.96. The van der Waals surface area contributed by atoms with Crippen molar-refractivity contribution >= 4 is 18.1 Å². The highest BCUT2D eigenvalue weighted by molar-refractivity contribution is 5.92. The lowest BCUT2D eigenvalue weighted by atomic mass is 10.1. The maximum Gasteiger partial charge on any atom is 0.343 e. The van der Waals surface area contributed by atoms with E-state index in [-0.39, 0.29) is 6.61 Å². The first-order chi connectivity index (χ1) is 18.0. The summed E-state index contributed by atoms with van der Waals surface area (Å²) >= 11 is 0. The van der Waals surface area contributed by atoms with Gasteiger partial charge in [0.05, 0.1) is 33.1 Å². The Labute approximate surface area is 215 Å². The molecule has 0 aliphatic heterocycles. The highest BCUT2D eigenvalue weighted by Gasteiger charge is 2.13. The number of rotatable bonds is 12. The van der Waals surface area contributed by atoms with Gasteiger partial charge in [0.15, 0.2) is 29.6 Å². The van der Waals surface area contributed by atoms with Crippen molar-refractivity contribution in [2.24, 2.45) is 5.10 Å². The van der Waals surface area contributed by atoms with Gasteiger partial charge in [-0.05, 0) is 72.1 Å². The summed E-state index contributed by atoms with van der Waals surface area (Å²) in [5.41, 5.74) is 4.43. The van der Waals surface area contributed by atoms with Gasteiger partial charge < -0.3 is 23.7 Å². The number of nitrogens with one attached hydrogen (secondary N) is 1. The van der Waals surface area contributed by atoms with E-state index >= 15 is 0 Å². The summed E-state index contributed by atoms with van der Waals surface area (Å²) in [4.78, 5) is 24.5. The Morgan fingerprint density at radius 2 is 1.54 bits per heavy atom. The van der Waals surface area contributed by atoms with Crippen LogP contribution in [0.15, 0.2) is 78.4 Å². The molecule has 0 saturated carbocycles. The number of hydrogen-bond donors (Lipinski definition) is 1. The fourth-order valence-corrected chi connectivity index (χ4v) is 3.23. The number of hydrazone groups is 1. The summed E-state index contributed by atoms with van der Waals surface area (Å²) in [6, 6.07) is 16.8. The smallest absolute Gasteiger partial charge is 0.343 e. The molecule has 3 rings (SSSR count). The molecule has 0 saturated heterocycles. The van der Waals surface area contributed by atoms with Gasteiger partial charge in [0.1, 0.15) is 5.75 Å². The molecule has 0 aromatic heterocycles. The van der Waals surface area contributed by atoms with Gasteiger partial charge in [-0.3, -0.25) is 4.79 Å². The van der Waals surface area contributed by atoms with Gasteiger partial charge in [-0.25, -0.2) is 10.2 Å². The minimum Gasteiger partial charge on any atom is -0.493 e. The van der Waals surface area contributed by atoms with Crippen LogP contribution in [-0.4, -0.2) is 46.0 Å². The Kier molecular flexibility index (Phi) is 9.66. The first-order valence-corrected chi connectivity index (χ1v) is 11.2. The van der Waals surface area contributed by atoms with Crippen LogP contribution in [0.5, 0.6) is 28.7 Å². The van der Waals surface area contributed by atoms with Crippen molar-refractivity contribution in [3.05, 3.63) is 90.0 Å². The minimum absolute atomic E-state index is 0.237. The van der Waals surface area contributed by atoms with E-state index in [1.54, 1.807) is 54.6 Å². The van der Waals surface area contributed by atoms with Crippen LogP contribution in [0.3, 0.4) is 0 Å². The fourth-order valence-electron chi connectivity index (χ4n) is 3.23. The molecule has 0 aliphatic rings. The molecule has 0 radical (unpaired) electrons. The Morgan fingerprint density at radius 3 is 2.22 bits per heavy atom. The summed E-state index contributed by atoms with van der Waals surface area (Å²) in [5, 5.41) is 3.93. The van der Waals surface area contributed by atoms with Crippen LogP contribution in [0.1, 0.15) is 21.5 Å². The molecular formula is C28H28N2O7. The maximum atomic E-state index is 12.4. The molecule has 3 aromatic carbocycles. The number of carbonyl (C=O) groups is 2. The molecule has 0 fully saturated rings. The lowest BCUT2D eigenvalue weighted by Crippen LogP contribution is -2.24. The molecule has 0 spiro atoms. The van der Waals surface area contributed by atoms with Gasteiger partial charge in [-0.1, -0.05) is 12.1 Å². The molecule has 0 atom stereocenters. The van der Waals surface area contributed by atoms with Gasteiger partial charge >= 0.3 is 5.97 Å². The van der Waals surface area contributed by atoms with E-state index < -0.39 is 11.9 Å². The second-order valence-electron chi connectivity index (χ2n) is 7.59. The van der Waals surface area contributed by atoms with Crippen molar-refractivity contribution in [3.63, 3.8) is 0 Å². The second kappa shape index (κ2) is 13.3. The van der Waals surface area contributed by atoms with Gasteiger partial charge in [-0.2, -0.15) is 5.10 Å². The highest BCUT2D eigenvalue weighted by atomic mass is 16.5. The summed E-state index contributed by atoms with van der Waals surface area (Å²) in [5.74, 6) is 1.30.